The second-order valence-electron chi connectivity index (χ2n) is 3.23. The van der Waals surface area contributed by atoms with E-state index in [-0.39, 0.29) is 18.5 Å². The molecule has 0 aliphatic carbocycles. The highest BCUT2D eigenvalue weighted by molar-refractivity contribution is 5.85. The normalized spacial score (nSPS) is 19.0. The number of hydrogen-bond acceptors (Lipinski definition) is 4. The van der Waals surface area contributed by atoms with Crippen LogP contribution in [0.4, 0.5) is 0 Å². The van der Waals surface area contributed by atoms with Crippen LogP contribution in [0.2, 0.25) is 0 Å². The van der Waals surface area contributed by atoms with Crippen molar-refractivity contribution >= 4 is 12.4 Å². The van der Waals surface area contributed by atoms with Gasteiger partial charge >= 0.3 is 0 Å². The molecule has 4 nitrogen and oxygen atoms in total. The Balaban J connectivity index is 0.00000112. The molecule has 0 aromatic carbocycles. The monoisotopic (exact) mass is 225 g/mol. The van der Waals surface area contributed by atoms with Gasteiger partial charge in [-0.2, -0.15) is 5.26 Å². The molecular formula is C10H12ClN3O. The van der Waals surface area contributed by atoms with Crippen LogP contribution in [0.1, 0.15) is 12.0 Å². The summed E-state index contributed by atoms with van der Waals surface area (Å²) in [5, 5.41) is 11.8. The number of rotatable bonds is 2. The van der Waals surface area contributed by atoms with E-state index in [1.165, 1.54) is 6.20 Å². The van der Waals surface area contributed by atoms with E-state index < -0.39 is 0 Å². The first kappa shape index (κ1) is 11.8. The molecule has 2 heterocycles. The largest absolute Gasteiger partial charge is 0.473 e. The van der Waals surface area contributed by atoms with E-state index in [1.807, 2.05) is 6.07 Å². The molecule has 0 amide bonds. The Bertz CT molecular complexity index is 341. The number of pyridine rings is 1. The fourth-order valence-corrected chi connectivity index (χ4v) is 1.42. The summed E-state index contributed by atoms with van der Waals surface area (Å²) in [7, 11) is 0. The number of nitriles is 1. The SMILES string of the molecule is Cl.N#Cc1ccc(O[C@H]2CCNC2)nc1. The Hall–Kier alpha value is -1.31. The zero-order chi connectivity index (χ0) is 9.80. The lowest BCUT2D eigenvalue weighted by Crippen LogP contribution is -2.19. The molecule has 1 saturated heterocycles. The molecule has 5 heteroatoms. The van der Waals surface area contributed by atoms with Crippen LogP contribution in [-0.2, 0) is 0 Å². The van der Waals surface area contributed by atoms with Gasteiger partial charge in [0.1, 0.15) is 12.2 Å². The number of nitrogens with zero attached hydrogens (tertiary/aromatic N) is 2. The molecule has 2 rings (SSSR count). The van der Waals surface area contributed by atoms with Crippen molar-refractivity contribution in [2.45, 2.75) is 12.5 Å². The first-order valence-electron chi connectivity index (χ1n) is 4.62. The lowest BCUT2D eigenvalue weighted by atomic mass is 10.3. The van der Waals surface area contributed by atoms with E-state index in [0.717, 1.165) is 19.5 Å². The minimum absolute atomic E-state index is 0. The van der Waals surface area contributed by atoms with Crippen LogP contribution < -0.4 is 10.1 Å². The van der Waals surface area contributed by atoms with Crippen molar-refractivity contribution in [2.24, 2.45) is 0 Å². The molecular weight excluding hydrogens is 214 g/mol. The fourth-order valence-electron chi connectivity index (χ4n) is 1.42. The second-order valence-corrected chi connectivity index (χ2v) is 3.23. The molecule has 0 saturated carbocycles. The average molecular weight is 226 g/mol. The summed E-state index contributed by atoms with van der Waals surface area (Å²) >= 11 is 0. The fraction of sp³-hybridized carbons (Fsp3) is 0.400. The standard InChI is InChI=1S/C10H11N3O.ClH/c11-5-8-1-2-10(13-6-8)14-9-3-4-12-7-9;/h1-2,6,9,12H,3-4,7H2;1H/t9-;/m0./s1. The van der Waals surface area contributed by atoms with Gasteiger partial charge in [-0.1, -0.05) is 0 Å². The van der Waals surface area contributed by atoms with Crippen LogP contribution in [-0.4, -0.2) is 24.2 Å². The Morgan fingerprint density at radius 3 is 2.93 bits per heavy atom. The summed E-state index contributed by atoms with van der Waals surface area (Å²) in [5.41, 5.74) is 0.557. The Labute approximate surface area is 94.7 Å². The summed E-state index contributed by atoms with van der Waals surface area (Å²) in [6.45, 7) is 1.88. The maximum atomic E-state index is 8.57. The van der Waals surface area contributed by atoms with Crippen LogP contribution in [0.25, 0.3) is 0 Å². The van der Waals surface area contributed by atoms with E-state index in [1.54, 1.807) is 12.1 Å². The van der Waals surface area contributed by atoms with Crippen LogP contribution in [0.5, 0.6) is 5.88 Å². The third kappa shape index (κ3) is 3.08. The van der Waals surface area contributed by atoms with Crippen molar-refractivity contribution in [1.29, 1.82) is 5.26 Å². The van der Waals surface area contributed by atoms with Crippen molar-refractivity contribution in [1.82, 2.24) is 10.3 Å². The van der Waals surface area contributed by atoms with Crippen molar-refractivity contribution < 1.29 is 4.74 Å². The molecule has 1 aromatic heterocycles. The summed E-state index contributed by atoms with van der Waals surface area (Å²) < 4.78 is 5.59. The molecule has 1 N–H and O–H groups in total. The van der Waals surface area contributed by atoms with Crippen molar-refractivity contribution in [2.75, 3.05) is 13.1 Å². The maximum Gasteiger partial charge on any atom is 0.213 e. The molecule has 1 atom stereocenters. The highest BCUT2D eigenvalue weighted by Crippen LogP contribution is 2.11. The van der Waals surface area contributed by atoms with E-state index in [9.17, 15) is 0 Å². The summed E-state index contributed by atoms with van der Waals surface area (Å²) in [6.07, 6.45) is 2.76. The van der Waals surface area contributed by atoms with Gasteiger partial charge < -0.3 is 10.1 Å². The number of halogens is 1. The smallest absolute Gasteiger partial charge is 0.213 e. The first-order valence-corrected chi connectivity index (χ1v) is 4.62. The topological polar surface area (TPSA) is 57.9 Å². The molecule has 1 aliphatic rings. The van der Waals surface area contributed by atoms with E-state index in [2.05, 4.69) is 10.3 Å². The average Bonchev–Trinajstić information content (AvgIpc) is 2.72. The van der Waals surface area contributed by atoms with Gasteiger partial charge in [-0.3, -0.25) is 0 Å². The molecule has 15 heavy (non-hydrogen) atoms. The van der Waals surface area contributed by atoms with E-state index in [4.69, 9.17) is 10.00 Å². The van der Waals surface area contributed by atoms with Gasteiger partial charge in [0.25, 0.3) is 0 Å². The predicted molar refractivity (Wildman–Crippen MR) is 58.1 cm³/mol. The number of nitrogens with one attached hydrogen (secondary N) is 1. The highest BCUT2D eigenvalue weighted by Gasteiger charge is 2.15. The summed E-state index contributed by atoms with van der Waals surface area (Å²) in [6, 6.07) is 5.46. The molecule has 80 valence electrons. The van der Waals surface area contributed by atoms with Gasteiger partial charge in [-0.25, -0.2) is 4.98 Å². The molecule has 0 bridgehead atoms. The van der Waals surface area contributed by atoms with E-state index in [0.29, 0.717) is 11.4 Å². The second kappa shape index (κ2) is 5.54. The van der Waals surface area contributed by atoms with Crippen LogP contribution >= 0.6 is 12.4 Å². The van der Waals surface area contributed by atoms with Crippen molar-refractivity contribution in [3.63, 3.8) is 0 Å². The predicted octanol–water partition coefficient (Wildman–Crippen LogP) is 1.12. The summed E-state index contributed by atoms with van der Waals surface area (Å²) in [4.78, 5) is 4.04. The number of ether oxygens (including phenoxy) is 1. The Kier molecular flexibility index (Phi) is 4.35. The van der Waals surface area contributed by atoms with Gasteiger partial charge in [0, 0.05) is 18.8 Å². The molecule has 0 spiro atoms. The first-order chi connectivity index (χ1) is 6.88. The van der Waals surface area contributed by atoms with Gasteiger partial charge in [-0.15, -0.1) is 12.4 Å². The lowest BCUT2D eigenvalue weighted by molar-refractivity contribution is 0.214. The van der Waals surface area contributed by atoms with Crippen molar-refractivity contribution in [3.8, 4) is 11.9 Å². The summed E-state index contributed by atoms with van der Waals surface area (Å²) in [5.74, 6) is 0.595. The maximum absolute atomic E-state index is 8.57. The Morgan fingerprint density at radius 2 is 2.40 bits per heavy atom. The molecule has 1 fully saturated rings. The number of hydrogen-bond donors (Lipinski definition) is 1. The van der Waals surface area contributed by atoms with Gasteiger partial charge in [0.2, 0.25) is 5.88 Å². The Morgan fingerprint density at radius 1 is 1.53 bits per heavy atom. The minimum Gasteiger partial charge on any atom is -0.473 e. The zero-order valence-corrected chi connectivity index (χ0v) is 8.96. The lowest BCUT2D eigenvalue weighted by Gasteiger charge is -2.10. The third-order valence-electron chi connectivity index (χ3n) is 2.17. The van der Waals surface area contributed by atoms with Gasteiger partial charge in [0.15, 0.2) is 0 Å². The quantitative estimate of drug-likeness (QED) is 0.820. The van der Waals surface area contributed by atoms with Crippen LogP contribution in [0, 0.1) is 11.3 Å². The van der Waals surface area contributed by atoms with E-state index >= 15 is 0 Å². The molecule has 1 aliphatic heterocycles. The molecule has 1 aromatic rings. The zero-order valence-electron chi connectivity index (χ0n) is 8.14. The van der Waals surface area contributed by atoms with Crippen LogP contribution in [0.15, 0.2) is 18.3 Å². The van der Waals surface area contributed by atoms with Crippen molar-refractivity contribution in [3.05, 3.63) is 23.9 Å². The third-order valence-corrected chi connectivity index (χ3v) is 2.17. The minimum atomic E-state index is 0. The highest BCUT2D eigenvalue weighted by atomic mass is 35.5. The number of aromatic nitrogens is 1. The van der Waals surface area contributed by atoms with Crippen LogP contribution in [0.3, 0.4) is 0 Å². The van der Waals surface area contributed by atoms with Gasteiger partial charge in [0.05, 0.1) is 5.56 Å². The van der Waals surface area contributed by atoms with Gasteiger partial charge in [-0.05, 0) is 19.0 Å². The molecule has 0 radical (unpaired) electrons. The molecule has 0 unspecified atom stereocenters.